The summed E-state index contributed by atoms with van der Waals surface area (Å²) in [6.07, 6.45) is 0.00488. The first-order valence-corrected chi connectivity index (χ1v) is 7.42. The van der Waals surface area contributed by atoms with Crippen LogP contribution < -0.4 is 0 Å². The normalized spacial score (nSPS) is 18.1. The number of hydrogen-bond donors (Lipinski definition) is 1. The highest BCUT2D eigenvalue weighted by Crippen LogP contribution is 2.43. The molecule has 5 nitrogen and oxygen atoms in total. The fourth-order valence-corrected chi connectivity index (χ4v) is 3.59. The van der Waals surface area contributed by atoms with Crippen LogP contribution in [-0.4, -0.2) is 30.4 Å². The lowest BCUT2D eigenvalue weighted by Crippen LogP contribution is -1.97. The van der Waals surface area contributed by atoms with Crippen LogP contribution in [0, 0.1) is 0 Å². The van der Waals surface area contributed by atoms with E-state index in [1.165, 1.54) is 0 Å². The van der Waals surface area contributed by atoms with Crippen LogP contribution in [0.15, 0.2) is 0 Å². The second-order valence-corrected chi connectivity index (χ2v) is 5.85. The summed E-state index contributed by atoms with van der Waals surface area (Å²) in [5.74, 6) is 0. The second kappa shape index (κ2) is 6.74. The highest BCUT2D eigenvalue weighted by atomic mass is 31.2. The monoisotopic (exact) mass is 230 g/mol. The van der Waals surface area contributed by atoms with Gasteiger partial charge in [-0.1, -0.05) is 0 Å². The maximum Gasteiger partial charge on any atom is 0.328 e. The molecule has 0 bridgehead atoms. The van der Waals surface area contributed by atoms with Crippen molar-refractivity contribution in [3.63, 3.8) is 0 Å². The molecule has 1 N–H and O–H groups in total. The lowest BCUT2D eigenvalue weighted by molar-refractivity contribution is 0.274. The first-order valence-electron chi connectivity index (χ1n) is 4.13. The predicted molar refractivity (Wildman–Crippen MR) is 51.8 cm³/mol. The van der Waals surface area contributed by atoms with Crippen LogP contribution in [0.2, 0.25) is 0 Å². The van der Waals surface area contributed by atoms with Gasteiger partial charge in [-0.15, -0.1) is 0 Å². The zero-order valence-corrected chi connectivity index (χ0v) is 9.75. The Labute approximate surface area is 78.8 Å². The highest BCUT2D eigenvalue weighted by molar-refractivity contribution is 7.54. The molecule has 0 amide bonds. The summed E-state index contributed by atoms with van der Waals surface area (Å²) in [6, 6.07) is 0. The summed E-state index contributed by atoms with van der Waals surface area (Å²) in [6.45, 7) is 3.91. The van der Waals surface area contributed by atoms with Gasteiger partial charge in [-0.2, -0.15) is 0 Å². The Balaban J connectivity index is 3.74. The van der Waals surface area contributed by atoms with E-state index in [1.54, 1.807) is 13.8 Å². The van der Waals surface area contributed by atoms with Gasteiger partial charge in [-0.05, 0) is 13.8 Å². The lowest BCUT2D eigenvalue weighted by atomic mass is 10.9. The highest BCUT2D eigenvalue weighted by Gasteiger charge is 2.19. The molecule has 0 saturated carbocycles. The Morgan fingerprint density at radius 2 is 2.00 bits per heavy atom. The van der Waals surface area contributed by atoms with Gasteiger partial charge in [0.25, 0.3) is 0 Å². The third-order valence-electron chi connectivity index (χ3n) is 1.23. The predicted octanol–water partition coefficient (Wildman–Crippen LogP) is 1.72. The third-order valence-corrected chi connectivity index (χ3v) is 4.37. The fraction of sp³-hybridized carbons (Fsp3) is 1.00. The Morgan fingerprint density at radius 1 is 1.38 bits per heavy atom. The van der Waals surface area contributed by atoms with Crippen LogP contribution >= 0.6 is 15.6 Å². The molecular formula is C6H16O5P2. The molecule has 0 fully saturated rings. The smallest absolute Gasteiger partial charge is 0.328 e. The van der Waals surface area contributed by atoms with Crippen LogP contribution in [0.5, 0.6) is 0 Å². The molecule has 0 saturated heterocycles. The minimum atomic E-state index is -3.52. The minimum Gasteiger partial charge on any atom is -0.331 e. The van der Waals surface area contributed by atoms with Gasteiger partial charge < -0.3 is 13.9 Å². The van der Waals surface area contributed by atoms with E-state index in [0.717, 1.165) is 0 Å². The molecule has 0 radical (unpaired) electrons. The molecule has 0 aromatic rings. The summed E-state index contributed by atoms with van der Waals surface area (Å²) in [5.41, 5.74) is 0. The van der Waals surface area contributed by atoms with Crippen LogP contribution in [0.1, 0.15) is 13.8 Å². The second-order valence-electron chi connectivity index (χ2n) is 2.33. The zero-order valence-electron chi connectivity index (χ0n) is 7.86. The van der Waals surface area contributed by atoms with Crippen molar-refractivity contribution in [3.05, 3.63) is 0 Å². The van der Waals surface area contributed by atoms with Gasteiger partial charge in [0.1, 0.15) is 0 Å². The van der Waals surface area contributed by atoms with Crippen molar-refractivity contribution in [1.29, 1.82) is 0 Å². The number of hydrogen-bond acceptors (Lipinski definition) is 4. The van der Waals surface area contributed by atoms with E-state index < -0.39 is 15.6 Å². The Bertz CT molecular complexity index is 205. The maximum atomic E-state index is 11.1. The van der Waals surface area contributed by atoms with E-state index in [0.29, 0.717) is 6.61 Å². The summed E-state index contributed by atoms with van der Waals surface area (Å²) >= 11 is 0. The van der Waals surface area contributed by atoms with E-state index in [9.17, 15) is 9.13 Å². The van der Waals surface area contributed by atoms with Gasteiger partial charge in [0, 0.05) is 6.16 Å². The van der Waals surface area contributed by atoms with Crippen LogP contribution in [-0.2, 0) is 18.2 Å². The van der Waals surface area contributed by atoms with E-state index in [-0.39, 0.29) is 18.9 Å². The van der Waals surface area contributed by atoms with Crippen molar-refractivity contribution in [2.75, 3.05) is 25.5 Å². The van der Waals surface area contributed by atoms with Gasteiger partial charge in [-0.3, -0.25) is 9.13 Å². The first-order chi connectivity index (χ1) is 6.02. The van der Waals surface area contributed by atoms with Crippen molar-refractivity contribution in [3.8, 4) is 0 Å². The molecule has 80 valence electrons. The maximum absolute atomic E-state index is 11.1. The standard InChI is InChI=1S/C6H16O5P2/c1-3-10-12(7)5-6-13(8,9)11-4-2/h12H,3-6H2,1-2H3,(H,8,9). The molecule has 13 heavy (non-hydrogen) atoms. The molecule has 2 atom stereocenters. The molecule has 0 rings (SSSR count). The molecule has 0 aromatic carbocycles. The average molecular weight is 230 g/mol. The zero-order chi connectivity index (χ0) is 10.3. The molecule has 0 heterocycles. The Hall–Kier alpha value is 0.340. The van der Waals surface area contributed by atoms with Gasteiger partial charge in [0.15, 0.2) is 8.03 Å². The third kappa shape index (κ3) is 7.41. The van der Waals surface area contributed by atoms with Crippen molar-refractivity contribution >= 4 is 15.6 Å². The summed E-state index contributed by atoms with van der Waals surface area (Å²) in [7, 11) is -5.68. The quantitative estimate of drug-likeness (QED) is 0.674. The molecule has 0 aliphatic rings. The van der Waals surface area contributed by atoms with Crippen molar-refractivity contribution < 1.29 is 23.1 Å². The van der Waals surface area contributed by atoms with Gasteiger partial charge in [-0.25, -0.2) is 0 Å². The molecule has 7 heteroatoms. The Morgan fingerprint density at radius 3 is 2.46 bits per heavy atom. The minimum absolute atomic E-state index is 0.0986. The summed E-state index contributed by atoms with van der Waals surface area (Å²) < 4.78 is 31.4. The SMILES string of the molecule is CCO[PH](=O)CCP(=O)(O)OCC. The van der Waals surface area contributed by atoms with E-state index in [1.807, 2.05) is 0 Å². The molecule has 2 unspecified atom stereocenters. The van der Waals surface area contributed by atoms with Crippen molar-refractivity contribution in [2.24, 2.45) is 0 Å². The van der Waals surface area contributed by atoms with Crippen molar-refractivity contribution in [2.45, 2.75) is 13.8 Å². The fourth-order valence-electron chi connectivity index (χ4n) is 0.732. The van der Waals surface area contributed by atoms with Crippen LogP contribution in [0.3, 0.4) is 0 Å². The average Bonchev–Trinajstić information content (AvgIpc) is 2.02. The van der Waals surface area contributed by atoms with E-state index in [4.69, 9.17) is 9.42 Å². The molecule has 0 spiro atoms. The lowest BCUT2D eigenvalue weighted by Gasteiger charge is -2.09. The van der Waals surface area contributed by atoms with Gasteiger partial charge >= 0.3 is 7.60 Å². The van der Waals surface area contributed by atoms with E-state index in [2.05, 4.69) is 4.52 Å². The van der Waals surface area contributed by atoms with Gasteiger partial charge in [0.2, 0.25) is 0 Å². The largest absolute Gasteiger partial charge is 0.331 e. The molecule has 0 aliphatic carbocycles. The van der Waals surface area contributed by atoms with Crippen molar-refractivity contribution in [1.82, 2.24) is 0 Å². The van der Waals surface area contributed by atoms with Crippen LogP contribution in [0.4, 0.5) is 0 Å². The summed E-state index contributed by atoms with van der Waals surface area (Å²) in [5, 5.41) is 0. The molecular weight excluding hydrogens is 214 g/mol. The van der Waals surface area contributed by atoms with E-state index >= 15 is 0 Å². The van der Waals surface area contributed by atoms with Gasteiger partial charge in [0.05, 0.1) is 19.4 Å². The first kappa shape index (κ1) is 13.3. The molecule has 0 aromatic heterocycles. The number of rotatable bonds is 7. The Kier molecular flexibility index (Phi) is 6.92. The van der Waals surface area contributed by atoms with Crippen LogP contribution in [0.25, 0.3) is 0 Å². The molecule has 0 aliphatic heterocycles. The topological polar surface area (TPSA) is 72.8 Å². The summed E-state index contributed by atoms with van der Waals surface area (Å²) in [4.78, 5) is 9.09.